The van der Waals surface area contributed by atoms with Crippen LogP contribution in [0.4, 0.5) is 13.2 Å². The number of hydrogen-bond acceptors (Lipinski definition) is 5. The molecule has 0 atom stereocenters. The molecule has 0 bridgehead atoms. The van der Waals surface area contributed by atoms with Crippen LogP contribution in [0, 0.1) is 0 Å². The highest BCUT2D eigenvalue weighted by atomic mass is 19.4. The third-order valence-corrected chi connectivity index (χ3v) is 2.09. The Hall–Kier alpha value is -2.19. The summed E-state index contributed by atoms with van der Waals surface area (Å²) in [4.78, 5) is 24.6. The van der Waals surface area contributed by atoms with Crippen LogP contribution in [0.25, 0.3) is 0 Å². The number of rotatable bonds is 4. The zero-order chi connectivity index (χ0) is 14.6. The largest absolute Gasteiger partial charge is 0.573 e. The second-order valence-electron chi connectivity index (χ2n) is 3.29. The van der Waals surface area contributed by atoms with E-state index in [1.165, 1.54) is 0 Å². The van der Waals surface area contributed by atoms with E-state index in [0.717, 1.165) is 14.2 Å². The average Bonchev–Trinajstić information content (AvgIpc) is 2.31. The summed E-state index contributed by atoms with van der Waals surface area (Å²) in [7, 11) is 2.15. The van der Waals surface area contributed by atoms with Crippen LogP contribution in [0.3, 0.4) is 0 Å². The van der Waals surface area contributed by atoms with Crippen molar-refractivity contribution in [2.24, 2.45) is 0 Å². The second kappa shape index (κ2) is 5.63. The van der Waals surface area contributed by atoms with Crippen molar-refractivity contribution in [1.29, 1.82) is 0 Å². The van der Waals surface area contributed by atoms with E-state index in [9.17, 15) is 22.8 Å². The molecule has 0 saturated heterocycles. The first-order valence-corrected chi connectivity index (χ1v) is 4.89. The van der Waals surface area contributed by atoms with Crippen LogP contribution in [0.15, 0.2) is 11.0 Å². The smallest absolute Gasteiger partial charge is 0.491 e. The summed E-state index contributed by atoms with van der Waals surface area (Å²) in [6.07, 6.45) is -4.85. The molecule has 0 aliphatic carbocycles. The zero-order valence-electron chi connectivity index (χ0n) is 9.96. The molecular formula is C10H10F3NO5. The molecule has 0 radical (unpaired) electrons. The Kier molecular flexibility index (Phi) is 4.41. The summed E-state index contributed by atoms with van der Waals surface area (Å²) < 4.78 is 49.3. The summed E-state index contributed by atoms with van der Waals surface area (Å²) in [5.74, 6) is -2.00. The molecule has 1 N–H and O–H groups in total. The number of hydrogen-bond donors (Lipinski definition) is 1. The standard InChI is InChI=1S/C10H10F3NO5/c1-17-7(15)3-5-6(19-10(11,12)13)4-14-9(16)8(5)18-2/h4H,3H2,1-2H3,(H,14,16). The van der Waals surface area contributed by atoms with E-state index in [0.29, 0.717) is 6.20 Å². The number of halogens is 3. The molecule has 0 aliphatic rings. The van der Waals surface area contributed by atoms with E-state index < -0.39 is 35.8 Å². The fourth-order valence-corrected chi connectivity index (χ4v) is 1.35. The topological polar surface area (TPSA) is 77.6 Å². The lowest BCUT2D eigenvalue weighted by Crippen LogP contribution is -2.22. The Morgan fingerprint density at radius 2 is 2.00 bits per heavy atom. The van der Waals surface area contributed by atoms with Gasteiger partial charge in [0.05, 0.1) is 26.2 Å². The number of methoxy groups -OCH3 is 2. The lowest BCUT2D eigenvalue weighted by Gasteiger charge is -2.14. The van der Waals surface area contributed by atoms with E-state index in [4.69, 9.17) is 0 Å². The minimum atomic E-state index is -4.96. The van der Waals surface area contributed by atoms with Gasteiger partial charge < -0.3 is 19.2 Å². The summed E-state index contributed by atoms with van der Waals surface area (Å²) in [6, 6.07) is 0. The van der Waals surface area contributed by atoms with Crippen molar-refractivity contribution in [2.45, 2.75) is 12.8 Å². The van der Waals surface area contributed by atoms with Crippen LogP contribution in [0.5, 0.6) is 11.5 Å². The molecule has 19 heavy (non-hydrogen) atoms. The SMILES string of the molecule is COC(=O)Cc1c(OC(F)(F)F)c[nH]c(=O)c1OC. The van der Waals surface area contributed by atoms with Gasteiger partial charge in [-0.1, -0.05) is 0 Å². The number of esters is 1. The van der Waals surface area contributed by atoms with Gasteiger partial charge in [-0.05, 0) is 0 Å². The van der Waals surface area contributed by atoms with Crippen LogP contribution in [0.2, 0.25) is 0 Å². The van der Waals surface area contributed by atoms with Gasteiger partial charge in [0.2, 0.25) is 0 Å². The Morgan fingerprint density at radius 1 is 1.37 bits per heavy atom. The summed E-state index contributed by atoms with van der Waals surface area (Å²) in [5.41, 5.74) is -1.12. The Labute approximate surface area is 105 Å². The first-order valence-electron chi connectivity index (χ1n) is 4.89. The number of aromatic nitrogens is 1. The number of ether oxygens (including phenoxy) is 3. The molecule has 0 fully saturated rings. The van der Waals surface area contributed by atoms with Crippen molar-refractivity contribution in [3.05, 3.63) is 22.1 Å². The minimum Gasteiger partial charge on any atom is -0.491 e. The average molecular weight is 281 g/mol. The maximum Gasteiger partial charge on any atom is 0.573 e. The fourth-order valence-electron chi connectivity index (χ4n) is 1.35. The lowest BCUT2D eigenvalue weighted by atomic mass is 10.1. The molecule has 106 valence electrons. The Bertz CT molecular complexity index is 523. The highest BCUT2D eigenvalue weighted by molar-refractivity contribution is 5.74. The van der Waals surface area contributed by atoms with Crippen molar-refractivity contribution in [1.82, 2.24) is 4.98 Å². The van der Waals surface area contributed by atoms with E-state index in [-0.39, 0.29) is 5.56 Å². The van der Waals surface area contributed by atoms with Gasteiger partial charge in [0.15, 0.2) is 11.5 Å². The number of carbonyl (C=O) groups excluding carboxylic acids is 1. The number of alkyl halides is 3. The second-order valence-corrected chi connectivity index (χ2v) is 3.29. The fraction of sp³-hybridized carbons (Fsp3) is 0.400. The van der Waals surface area contributed by atoms with Gasteiger partial charge in [0, 0.05) is 6.20 Å². The van der Waals surface area contributed by atoms with E-state index >= 15 is 0 Å². The zero-order valence-corrected chi connectivity index (χ0v) is 9.96. The van der Waals surface area contributed by atoms with Gasteiger partial charge >= 0.3 is 12.3 Å². The molecule has 1 aromatic rings. The first kappa shape index (κ1) is 14.9. The van der Waals surface area contributed by atoms with Crippen LogP contribution in [0.1, 0.15) is 5.56 Å². The maximum atomic E-state index is 12.2. The number of nitrogens with one attached hydrogen (secondary N) is 1. The Morgan fingerprint density at radius 3 is 2.47 bits per heavy atom. The van der Waals surface area contributed by atoms with Crippen molar-refractivity contribution in [2.75, 3.05) is 14.2 Å². The summed E-state index contributed by atoms with van der Waals surface area (Å²) >= 11 is 0. The van der Waals surface area contributed by atoms with Crippen molar-refractivity contribution in [3.8, 4) is 11.5 Å². The number of aromatic amines is 1. The summed E-state index contributed by atoms with van der Waals surface area (Å²) in [6.45, 7) is 0. The molecule has 0 unspecified atom stereocenters. The third kappa shape index (κ3) is 3.90. The van der Waals surface area contributed by atoms with Crippen molar-refractivity contribution in [3.63, 3.8) is 0 Å². The van der Waals surface area contributed by atoms with Crippen LogP contribution in [-0.4, -0.2) is 31.5 Å². The molecule has 0 saturated carbocycles. The van der Waals surface area contributed by atoms with E-state index in [1.54, 1.807) is 0 Å². The molecule has 0 aromatic carbocycles. The predicted molar refractivity (Wildman–Crippen MR) is 56.0 cm³/mol. The quantitative estimate of drug-likeness (QED) is 0.833. The lowest BCUT2D eigenvalue weighted by molar-refractivity contribution is -0.275. The van der Waals surface area contributed by atoms with E-state index in [2.05, 4.69) is 14.2 Å². The summed E-state index contributed by atoms with van der Waals surface area (Å²) in [5, 5.41) is 0. The van der Waals surface area contributed by atoms with Gasteiger partial charge in [-0.2, -0.15) is 0 Å². The van der Waals surface area contributed by atoms with Gasteiger partial charge in [-0.15, -0.1) is 13.2 Å². The number of carbonyl (C=O) groups is 1. The maximum absolute atomic E-state index is 12.2. The minimum absolute atomic E-state index is 0.338. The monoisotopic (exact) mass is 281 g/mol. The number of pyridine rings is 1. The molecule has 1 rings (SSSR count). The van der Waals surface area contributed by atoms with E-state index in [1.807, 2.05) is 4.98 Å². The van der Waals surface area contributed by atoms with Gasteiger partial charge in [-0.25, -0.2) is 0 Å². The third-order valence-electron chi connectivity index (χ3n) is 2.09. The van der Waals surface area contributed by atoms with Gasteiger partial charge in [0.25, 0.3) is 5.56 Å². The van der Waals surface area contributed by atoms with Crippen molar-refractivity contribution >= 4 is 5.97 Å². The number of H-pyrrole nitrogens is 1. The van der Waals surface area contributed by atoms with Crippen LogP contribution >= 0.6 is 0 Å². The van der Waals surface area contributed by atoms with Gasteiger partial charge in [0.1, 0.15) is 0 Å². The highest BCUT2D eigenvalue weighted by Crippen LogP contribution is 2.30. The highest BCUT2D eigenvalue weighted by Gasteiger charge is 2.33. The molecule has 6 nitrogen and oxygen atoms in total. The van der Waals surface area contributed by atoms with Crippen LogP contribution < -0.4 is 15.0 Å². The molecular weight excluding hydrogens is 271 g/mol. The molecule has 9 heteroatoms. The molecule has 0 spiro atoms. The molecule has 0 aliphatic heterocycles. The Balaban J connectivity index is 3.29. The van der Waals surface area contributed by atoms with Crippen LogP contribution in [-0.2, 0) is 16.0 Å². The normalized spacial score (nSPS) is 11.0. The molecule has 1 aromatic heterocycles. The molecule has 0 amide bonds. The van der Waals surface area contributed by atoms with Gasteiger partial charge in [-0.3, -0.25) is 9.59 Å². The first-order chi connectivity index (χ1) is 8.78. The predicted octanol–water partition coefficient (Wildman–Crippen LogP) is 0.998. The molecule has 1 heterocycles. The van der Waals surface area contributed by atoms with Crippen molar-refractivity contribution < 1.29 is 32.2 Å².